The van der Waals surface area contributed by atoms with E-state index in [9.17, 15) is 4.79 Å². The van der Waals surface area contributed by atoms with Crippen LogP contribution >= 0.6 is 0 Å². The highest BCUT2D eigenvalue weighted by Crippen LogP contribution is 2.66. The van der Waals surface area contributed by atoms with Crippen LogP contribution in [-0.2, 0) is 25.5 Å². The van der Waals surface area contributed by atoms with Crippen molar-refractivity contribution >= 4 is 12.4 Å². The van der Waals surface area contributed by atoms with Gasteiger partial charge in [-0.05, 0) is 29.2 Å². The second kappa shape index (κ2) is 7.05. The Morgan fingerprint density at radius 2 is 1.23 bits per heavy atom. The maximum atomic E-state index is 13.0. The standard InChI is InChI=1S/C27H24O3/c1-21-10-8-9-11-22(21)16-17-25(18-28,26(19-29-26)23-12-4-2-5-13-23)27(20-30-27)24-14-6-3-7-15-24/h2-18H,19-20H2,1H3/b17-16+. The van der Waals surface area contributed by atoms with E-state index in [2.05, 4.69) is 19.1 Å². The number of hydrogen-bond donors (Lipinski definition) is 0. The van der Waals surface area contributed by atoms with Crippen molar-refractivity contribution in [2.75, 3.05) is 13.2 Å². The molecule has 150 valence electrons. The molecule has 30 heavy (non-hydrogen) atoms. The average Bonchev–Trinajstić information content (AvgIpc) is 3.72. The topological polar surface area (TPSA) is 42.1 Å². The zero-order valence-corrected chi connectivity index (χ0v) is 17.0. The van der Waals surface area contributed by atoms with E-state index < -0.39 is 16.6 Å². The Labute approximate surface area is 177 Å². The van der Waals surface area contributed by atoms with Crippen LogP contribution in [0.5, 0.6) is 0 Å². The maximum Gasteiger partial charge on any atom is 0.136 e. The molecule has 0 radical (unpaired) electrons. The predicted octanol–water partition coefficient (Wildman–Crippen LogP) is 5.04. The first-order valence-electron chi connectivity index (χ1n) is 10.3. The van der Waals surface area contributed by atoms with Crippen LogP contribution < -0.4 is 0 Å². The van der Waals surface area contributed by atoms with Crippen molar-refractivity contribution < 1.29 is 14.3 Å². The molecule has 3 aromatic carbocycles. The van der Waals surface area contributed by atoms with Crippen LogP contribution in [0.15, 0.2) is 91.0 Å². The number of benzene rings is 3. The lowest BCUT2D eigenvalue weighted by Gasteiger charge is -2.37. The quantitative estimate of drug-likeness (QED) is 0.415. The van der Waals surface area contributed by atoms with Gasteiger partial charge in [-0.3, -0.25) is 0 Å². The molecular formula is C27H24O3. The number of hydrogen-bond acceptors (Lipinski definition) is 3. The molecule has 2 aliphatic rings. The number of aryl methyl sites for hydroxylation is 1. The summed E-state index contributed by atoms with van der Waals surface area (Å²) >= 11 is 0. The summed E-state index contributed by atoms with van der Waals surface area (Å²) in [6.07, 6.45) is 5.10. The molecule has 2 aliphatic heterocycles. The first kappa shape index (κ1) is 19.0. The number of carbonyl (C=O) groups is 1. The molecule has 2 heterocycles. The smallest absolute Gasteiger partial charge is 0.136 e. The third-order valence-corrected chi connectivity index (χ3v) is 6.58. The van der Waals surface area contributed by atoms with Crippen molar-refractivity contribution in [2.45, 2.75) is 18.1 Å². The highest BCUT2D eigenvalue weighted by molar-refractivity contribution is 5.75. The van der Waals surface area contributed by atoms with Gasteiger partial charge in [0.25, 0.3) is 0 Å². The van der Waals surface area contributed by atoms with Gasteiger partial charge in [0.2, 0.25) is 0 Å². The Kier molecular flexibility index (Phi) is 4.46. The van der Waals surface area contributed by atoms with Gasteiger partial charge in [0.05, 0.1) is 13.2 Å². The van der Waals surface area contributed by atoms with E-state index in [0.717, 1.165) is 28.5 Å². The molecule has 0 saturated carbocycles. The van der Waals surface area contributed by atoms with Gasteiger partial charge in [-0.2, -0.15) is 0 Å². The lowest BCUT2D eigenvalue weighted by molar-refractivity contribution is -0.121. The summed E-state index contributed by atoms with van der Waals surface area (Å²) in [5, 5.41) is 0. The number of ether oxygens (including phenoxy) is 2. The molecule has 0 aliphatic carbocycles. The van der Waals surface area contributed by atoms with Crippen LogP contribution in [0.2, 0.25) is 0 Å². The third-order valence-electron chi connectivity index (χ3n) is 6.58. The molecule has 0 amide bonds. The molecule has 3 heteroatoms. The van der Waals surface area contributed by atoms with Crippen molar-refractivity contribution in [3.8, 4) is 0 Å². The fraction of sp³-hybridized carbons (Fsp3) is 0.222. The lowest BCUT2D eigenvalue weighted by atomic mass is 9.62. The van der Waals surface area contributed by atoms with Gasteiger partial charge in [0, 0.05) is 0 Å². The molecule has 3 nitrogen and oxygen atoms in total. The minimum atomic E-state index is -0.995. The van der Waals surface area contributed by atoms with E-state index in [1.165, 1.54) is 0 Å². The number of aldehydes is 1. The normalized spacial score (nSPS) is 26.8. The van der Waals surface area contributed by atoms with Gasteiger partial charge in [0.15, 0.2) is 0 Å². The molecule has 2 saturated heterocycles. The second-order valence-corrected chi connectivity index (χ2v) is 8.14. The van der Waals surface area contributed by atoms with E-state index in [0.29, 0.717) is 13.2 Å². The summed E-state index contributed by atoms with van der Waals surface area (Å²) in [6, 6.07) is 28.2. The summed E-state index contributed by atoms with van der Waals surface area (Å²) in [5.41, 5.74) is 1.74. The van der Waals surface area contributed by atoms with Crippen LogP contribution in [0.4, 0.5) is 0 Å². The van der Waals surface area contributed by atoms with E-state index in [1.54, 1.807) is 0 Å². The molecule has 2 unspecified atom stereocenters. The fourth-order valence-corrected chi connectivity index (χ4v) is 4.67. The van der Waals surface area contributed by atoms with E-state index in [1.807, 2.05) is 84.9 Å². The molecule has 0 N–H and O–H groups in total. The van der Waals surface area contributed by atoms with Crippen molar-refractivity contribution in [2.24, 2.45) is 5.41 Å². The summed E-state index contributed by atoms with van der Waals surface area (Å²) in [6.45, 7) is 3.03. The molecule has 2 fully saturated rings. The molecule has 3 aromatic rings. The van der Waals surface area contributed by atoms with Gasteiger partial charge in [-0.15, -0.1) is 0 Å². The largest absolute Gasteiger partial charge is 0.363 e. The van der Waals surface area contributed by atoms with E-state index in [4.69, 9.17) is 9.47 Å². The highest BCUT2D eigenvalue weighted by atomic mass is 16.6. The van der Waals surface area contributed by atoms with Crippen molar-refractivity contribution in [1.29, 1.82) is 0 Å². The molecule has 0 bridgehead atoms. The number of rotatable bonds is 7. The molecule has 5 rings (SSSR count). The van der Waals surface area contributed by atoms with Crippen LogP contribution in [0.3, 0.4) is 0 Å². The average molecular weight is 396 g/mol. The minimum absolute atomic E-state index is 0.478. The van der Waals surface area contributed by atoms with Gasteiger partial charge in [0.1, 0.15) is 22.9 Å². The van der Waals surface area contributed by atoms with Gasteiger partial charge in [-0.25, -0.2) is 0 Å². The SMILES string of the molecule is Cc1ccccc1/C=C/C(C=O)(C1(c2ccccc2)CO1)C1(c2ccccc2)CO1. The van der Waals surface area contributed by atoms with Crippen LogP contribution in [0.1, 0.15) is 22.3 Å². The number of epoxide rings is 2. The van der Waals surface area contributed by atoms with E-state index in [-0.39, 0.29) is 0 Å². The fourth-order valence-electron chi connectivity index (χ4n) is 4.67. The molecule has 0 aromatic heterocycles. The predicted molar refractivity (Wildman–Crippen MR) is 117 cm³/mol. The molecule has 0 spiro atoms. The zero-order valence-electron chi connectivity index (χ0n) is 17.0. The lowest BCUT2D eigenvalue weighted by Crippen LogP contribution is -2.47. The first-order chi connectivity index (χ1) is 14.7. The van der Waals surface area contributed by atoms with Crippen LogP contribution in [-0.4, -0.2) is 19.5 Å². The van der Waals surface area contributed by atoms with Crippen molar-refractivity contribution in [3.63, 3.8) is 0 Å². The number of carbonyl (C=O) groups excluding carboxylic acids is 1. The van der Waals surface area contributed by atoms with Gasteiger partial charge < -0.3 is 14.3 Å². The van der Waals surface area contributed by atoms with Crippen molar-refractivity contribution in [3.05, 3.63) is 113 Å². The zero-order chi connectivity index (χ0) is 20.7. The summed E-state index contributed by atoms with van der Waals surface area (Å²) < 4.78 is 12.3. The summed E-state index contributed by atoms with van der Waals surface area (Å²) in [7, 11) is 0. The maximum absolute atomic E-state index is 13.0. The molecule has 2 atom stereocenters. The Hall–Kier alpha value is -3.01. The van der Waals surface area contributed by atoms with Gasteiger partial charge >= 0.3 is 0 Å². The minimum Gasteiger partial charge on any atom is -0.363 e. The molecular weight excluding hydrogens is 372 g/mol. The summed E-state index contributed by atoms with van der Waals surface area (Å²) in [4.78, 5) is 13.0. The van der Waals surface area contributed by atoms with Crippen LogP contribution in [0.25, 0.3) is 6.08 Å². The Bertz CT molecular complexity index is 1020. The Balaban J connectivity index is 1.71. The second-order valence-electron chi connectivity index (χ2n) is 8.14. The van der Waals surface area contributed by atoms with Gasteiger partial charge in [-0.1, -0.05) is 97.1 Å². The van der Waals surface area contributed by atoms with Crippen molar-refractivity contribution in [1.82, 2.24) is 0 Å². The third kappa shape index (κ3) is 2.70. The Morgan fingerprint density at radius 3 is 1.67 bits per heavy atom. The van der Waals surface area contributed by atoms with Crippen LogP contribution in [0, 0.1) is 12.3 Å². The Morgan fingerprint density at radius 1 is 0.767 bits per heavy atom. The first-order valence-corrected chi connectivity index (χ1v) is 10.3. The highest BCUT2D eigenvalue weighted by Gasteiger charge is 2.75. The summed E-state index contributed by atoms with van der Waals surface area (Å²) in [5.74, 6) is 0. The monoisotopic (exact) mass is 396 g/mol. The van der Waals surface area contributed by atoms with E-state index >= 15 is 0 Å².